The van der Waals surface area contributed by atoms with E-state index in [0.717, 1.165) is 21.9 Å². The Hall–Kier alpha value is -2.38. The van der Waals surface area contributed by atoms with Crippen LogP contribution in [0.2, 0.25) is 0 Å². The molecule has 0 aliphatic carbocycles. The predicted molar refractivity (Wildman–Crippen MR) is 103 cm³/mol. The van der Waals surface area contributed by atoms with Crippen LogP contribution in [0.5, 0.6) is 11.5 Å². The first-order valence-electron chi connectivity index (χ1n) is 8.24. The van der Waals surface area contributed by atoms with Gasteiger partial charge in [0.25, 0.3) is 5.91 Å². The summed E-state index contributed by atoms with van der Waals surface area (Å²) < 4.78 is 11.2. The van der Waals surface area contributed by atoms with Crippen LogP contribution in [0, 0.1) is 0 Å². The van der Waals surface area contributed by atoms with Crippen molar-refractivity contribution in [2.45, 2.75) is 19.4 Å². The number of amides is 1. The minimum atomic E-state index is -0.570. The highest BCUT2D eigenvalue weighted by Gasteiger charge is 2.26. The fraction of sp³-hybridized carbons (Fsp3) is 0.263. The molecule has 1 N–H and O–H groups in total. The minimum Gasteiger partial charge on any atom is -0.486 e. The van der Waals surface area contributed by atoms with E-state index in [0.29, 0.717) is 24.7 Å². The molecule has 0 bridgehead atoms. The van der Waals surface area contributed by atoms with Gasteiger partial charge in [0.1, 0.15) is 23.9 Å². The van der Waals surface area contributed by atoms with Gasteiger partial charge in [-0.3, -0.25) is 4.79 Å². The molecule has 0 radical (unpaired) electrons. The van der Waals surface area contributed by atoms with E-state index in [9.17, 15) is 4.79 Å². The van der Waals surface area contributed by atoms with E-state index in [1.165, 1.54) is 11.3 Å². The second-order valence-corrected chi connectivity index (χ2v) is 8.13. The first kappa shape index (κ1) is 17.1. The van der Waals surface area contributed by atoms with Crippen molar-refractivity contribution < 1.29 is 14.3 Å². The molecule has 2 aromatic heterocycles. The minimum absolute atomic E-state index is 0.192. The zero-order chi connectivity index (χ0) is 18.1. The van der Waals surface area contributed by atoms with Gasteiger partial charge in [-0.25, -0.2) is 4.98 Å². The van der Waals surface area contributed by atoms with E-state index in [1.807, 2.05) is 48.9 Å². The van der Waals surface area contributed by atoms with Crippen molar-refractivity contribution in [3.05, 3.63) is 51.7 Å². The third-order valence-corrected chi connectivity index (χ3v) is 5.77. The summed E-state index contributed by atoms with van der Waals surface area (Å²) in [5, 5.41) is 9.74. The predicted octanol–water partition coefficient (Wildman–Crippen LogP) is 4.31. The average Bonchev–Trinajstić information content (AvgIpc) is 3.32. The van der Waals surface area contributed by atoms with E-state index >= 15 is 0 Å². The van der Waals surface area contributed by atoms with E-state index < -0.39 is 5.54 Å². The van der Waals surface area contributed by atoms with Gasteiger partial charge in [-0.05, 0) is 43.0 Å². The van der Waals surface area contributed by atoms with E-state index in [1.54, 1.807) is 16.7 Å². The molecule has 4 rings (SSSR count). The van der Waals surface area contributed by atoms with E-state index in [2.05, 4.69) is 10.3 Å². The molecule has 3 heterocycles. The molecule has 26 heavy (non-hydrogen) atoms. The summed E-state index contributed by atoms with van der Waals surface area (Å²) in [6, 6.07) is 7.76. The van der Waals surface area contributed by atoms with Gasteiger partial charge < -0.3 is 14.8 Å². The molecule has 0 spiro atoms. The van der Waals surface area contributed by atoms with Crippen LogP contribution in [0.25, 0.3) is 10.6 Å². The van der Waals surface area contributed by atoms with E-state index in [4.69, 9.17) is 9.47 Å². The highest BCUT2D eigenvalue weighted by molar-refractivity contribution is 7.14. The number of nitrogens with zero attached hydrogens (tertiary/aromatic N) is 1. The van der Waals surface area contributed by atoms with Crippen LogP contribution in [0.3, 0.4) is 0 Å². The Balaban J connectivity index is 1.53. The number of carbonyl (C=O) groups is 1. The standard InChI is InChI=1S/C19H18N2O3S2/c1-19(2,13-3-4-15-16(9-13)24-7-6-23-15)21-17(22)14-11-26-18(20-14)12-5-8-25-10-12/h3-5,8-11H,6-7H2,1-2H3,(H,21,22). The van der Waals surface area contributed by atoms with Crippen molar-refractivity contribution in [2.75, 3.05) is 13.2 Å². The van der Waals surface area contributed by atoms with Gasteiger partial charge in [0.05, 0.1) is 5.54 Å². The van der Waals surface area contributed by atoms with Crippen LogP contribution < -0.4 is 14.8 Å². The molecular formula is C19H18N2O3S2. The van der Waals surface area contributed by atoms with Crippen molar-refractivity contribution in [3.63, 3.8) is 0 Å². The fourth-order valence-corrected chi connectivity index (χ4v) is 4.26. The molecule has 1 amide bonds. The number of carbonyl (C=O) groups excluding carboxylic acids is 1. The number of nitrogens with one attached hydrogen (secondary N) is 1. The number of aromatic nitrogens is 1. The summed E-state index contributed by atoms with van der Waals surface area (Å²) in [5.74, 6) is 1.26. The van der Waals surface area contributed by atoms with Gasteiger partial charge >= 0.3 is 0 Å². The molecule has 0 saturated carbocycles. The van der Waals surface area contributed by atoms with Crippen LogP contribution in [0.4, 0.5) is 0 Å². The molecule has 0 fully saturated rings. The Labute approximate surface area is 159 Å². The summed E-state index contributed by atoms with van der Waals surface area (Å²) in [5.41, 5.74) is 1.86. The number of thiophene rings is 1. The van der Waals surface area contributed by atoms with Crippen molar-refractivity contribution >= 4 is 28.6 Å². The lowest BCUT2D eigenvalue weighted by molar-refractivity contribution is 0.0907. The zero-order valence-corrected chi connectivity index (χ0v) is 16.1. The number of ether oxygens (including phenoxy) is 2. The van der Waals surface area contributed by atoms with Crippen molar-refractivity contribution in [1.82, 2.24) is 10.3 Å². The Bertz CT molecular complexity index is 932. The Morgan fingerprint density at radius 3 is 2.73 bits per heavy atom. The average molecular weight is 386 g/mol. The molecular weight excluding hydrogens is 368 g/mol. The second-order valence-electron chi connectivity index (χ2n) is 6.49. The molecule has 5 nitrogen and oxygen atoms in total. The van der Waals surface area contributed by atoms with Crippen molar-refractivity contribution in [2.24, 2.45) is 0 Å². The van der Waals surface area contributed by atoms with Gasteiger partial charge in [0, 0.05) is 16.3 Å². The Morgan fingerprint density at radius 1 is 1.15 bits per heavy atom. The fourth-order valence-electron chi connectivity index (χ4n) is 2.75. The highest BCUT2D eigenvalue weighted by atomic mass is 32.1. The lowest BCUT2D eigenvalue weighted by Gasteiger charge is -2.28. The topological polar surface area (TPSA) is 60.5 Å². The van der Waals surface area contributed by atoms with Crippen LogP contribution >= 0.6 is 22.7 Å². The number of benzene rings is 1. The summed E-state index contributed by atoms with van der Waals surface area (Å²) in [7, 11) is 0. The lowest BCUT2D eigenvalue weighted by Crippen LogP contribution is -2.41. The number of hydrogen-bond donors (Lipinski definition) is 1. The monoisotopic (exact) mass is 386 g/mol. The zero-order valence-electron chi connectivity index (χ0n) is 14.4. The maximum atomic E-state index is 12.7. The third kappa shape index (κ3) is 3.32. The molecule has 0 unspecified atom stereocenters. The maximum Gasteiger partial charge on any atom is 0.271 e. The quantitative estimate of drug-likeness (QED) is 0.726. The molecule has 1 aromatic carbocycles. The van der Waals surface area contributed by atoms with Crippen LogP contribution in [-0.4, -0.2) is 24.1 Å². The Morgan fingerprint density at radius 2 is 1.96 bits per heavy atom. The number of fused-ring (bicyclic) bond motifs is 1. The Kier molecular flexibility index (Phi) is 4.42. The second kappa shape index (κ2) is 6.74. The van der Waals surface area contributed by atoms with Crippen LogP contribution in [0.15, 0.2) is 40.4 Å². The summed E-state index contributed by atoms with van der Waals surface area (Å²) in [4.78, 5) is 17.2. The van der Waals surface area contributed by atoms with Crippen molar-refractivity contribution in [3.8, 4) is 22.1 Å². The highest BCUT2D eigenvalue weighted by Crippen LogP contribution is 2.34. The number of thiazole rings is 1. The number of rotatable bonds is 4. The van der Waals surface area contributed by atoms with Gasteiger partial charge in [0.2, 0.25) is 0 Å². The normalized spacial score (nSPS) is 13.5. The molecule has 3 aromatic rings. The van der Waals surface area contributed by atoms with Gasteiger partial charge in [-0.2, -0.15) is 11.3 Å². The lowest BCUT2D eigenvalue weighted by atomic mass is 9.93. The third-order valence-electron chi connectivity index (χ3n) is 4.19. The SMILES string of the molecule is CC(C)(NC(=O)c1csc(-c2ccsc2)n1)c1ccc2c(c1)OCCO2. The smallest absolute Gasteiger partial charge is 0.271 e. The molecule has 0 saturated heterocycles. The van der Waals surface area contributed by atoms with Gasteiger partial charge in [-0.15, -0.1) is 11.3 Å². The molecule has 1 aliphatic heterocycles. The summed E-state index contributed by atoms with van der Waals surface area (Å²) in [6.07, 6.45) is 0. The molecule has 134 valence electrons. The van der Waals surface area contributed by atoms with Gasteiger partial charge in [0.15, 0.2) is 11.5 Å². The maximum absolute atomic E-state index is 12.7. The summed E-state index contributed by atoms with van der Waals surface area (Å²) >= 11 is 3.09. The van der Waals surface area contributed by atoms with Crippen LogP contribution in [-0.2, 0) is 5.54 Å². The summed E-state index contributed by atoms with van der Waals surface area (Å²) in [6.45, 7) is 5.02. The molecule has 1 aliphatic rings. The largest absolute Gasteiger partial charge is 0.486 e. The van der Waals surface area contributed by atoms with Gasteiger partial charge in [-0.1, -0.05) is 6.07 Å². The van der Waals surface area contributed by atoms with Crippen molar-refractivity contribution in [1.29, 1.82) is 0 Å². The molecule has 0 atom stereocenters. The molecule has 7 heteroatoms. The number of hydrogen-bond acceptors (Lipinski definition) is 6. The first-order valence-corrected chi connectivity index (χ1v) is 10.1. The van der Waals surface area contributed by atoms with Crippen LogP contribution in [0.1, 0.15) is 29.9 Å². The van der Waals surface area contributed by atoms with E-state index in [-0.39, 0.29) is 5.91 Å². The first-order chi connectivity index (χ1) is 12.5.